The number of carbonyl (C=O) groups excluding carboxylic acids is 1. The van der Waals surface area contributed by atoms with Crippen molar-refractivity contribution in [2.45, 2.75) is 78.2 Å². The van der Waals surface area contributed by atoms with Crippen LogP contribution in [-0.2, 0) is 4.79 Å². The lowest BCUT2D eigenvalue weighted by atomic mass is 9.47. The van der Waals surface area contributed by atoms with Gasteiger partial charge in [-0.05, 0) is 68.6 Å². The molecule has 2 nitrogen and oxygen atoms in total. The molecule has 4 aliphatic rings. The number of carbonyl (C=O) groups is 1. The lowest BCUT2D eigenvalue weighted by Crippen LogP contribution is -2.52. The summed E-state index contributed by atoms with van der Waals surface area (Å²) >= 11 is 0. The molecule has 0 aromatic heterocycles. The van der Waals surface area contributed by atoms with Crippen molar-refractivity contribution < 1.29 is 9.90 Å². The normalized spacial score (nSPS) is 55.7. The molecule has 1 unspecified atom stereocenters. The second kappa shape index (κ2) is 4.71. The second-order valence-electron chi connectivity index (χ2n) is 9.77. The van der Waals surface area contributed by atoms with E-state index in [4.69, 9.17) is 0 Å². The largest absolute Gasteiger partial charge is 0.390 e. The first kappa shape index (κ1) is 15.9. The van der Waals surface area contributed by atoms with Crippen LogP contribution in [0.15, 0.2) is 11.6 Å². The third-order valence-corrected chi connectivity index (χ3v) is 8.74. The number of ketones is 1. The van der Waals surface area contributed by atoms with Crippen molar-refractivity contribution in [3.63, 3.8) is 0 Å². The van der Waals surface area contributed by atoms with E-state index in [1.54, 1.807) is 5.57 Å². The van der Waals surface area contributed by atoms with Gasteiger partial charge in [0.25, 0.3) is 0 Å². The summed E-state index contributed by atoms with van der Waals surface area (Å²) in [6.45, 7) is 8.94. The van der Waals surface area contributed by atoms with Crippen molar-refractivity contribution in [2.24, 2.45) is 34.5 Å². The maximum atomic E-state index is 12.2. The summed E-state index contributed by atoms with van der Waals surface area (Å²) in [5, 5.41) is 10.9. The molecule has 0 spiro atoms. The number of hydrogen-bond acceptors (Lipinski definition) is 2. The van der Waals surface area contributed by atoms with Gasteiger partial charge in [-0.3, -0.25) is 4.79 Å². The van der Waals surface area contributed by atoms with E-state index in [1.807, 2.05) is 0 Å². The molecule has 3 saturated carbocycles. The summed E-state index contributed by atoms with van der Waals surface area (Å²) in [5.74, 6) is 2.53. The predicted octanol–water partition coefficient (Wildman–Crippen LogP) is 4.52. The van der Waals surface area contributed by atoms with E-state index in [-0.39, 0.29) is 16.7 Å². The fourth-order valence-electron chi connectivity index (χ4n) is 6.90. The summed E-state index contributed by atoms with van der Waals surface area (Å²) < 4.78 is 0. The SMILES string of the molecule is C[C@@H]1C[C@]2(C)C3=CC[C@@]4(C)C(CC[C@]4(C)O)[C@@H]3CC[C@H]2CC1=O. The molecule has 128 valence electrons. The van der Waals surface area contributed by atoms with Crippen LogP contribution in [0.3, 0.4) is 0 Å². The minimum absolute atomic E-state index is 0.0421. The lowest BCUT2D eigenvalue weighted by molar-refractivity contribution is -0.130. The molecular weight excluding hydrogens is 284 g/mol. The van der Waals surface area contributed by atoms with E-state index >= 15 is 0 Å². The zero-order valence-electron chi connectivity index (χ0n) is 15.2. The van der Waals surface area contributed by atoms with Crippen LogP contribution in [-0.4, -0.2) is 16.5 Å². The molecule has 0 aromatic carbocycles. The lowest BCUT2D eigenvalue weighted by Gasteiger charge is -2.57. The fraction of sp³-hybridized carbons (Fsp3) is 0.857. The Morgan fingerprint density at radius 3 is 2.65 bits per heavy atom. The van der Waals surface area contributed by atoms with Crippen molar-refractivity contribution >= 4 is 5.78 Å². The number of hydrogen-bond donors (Lipinski definition) is 1. The number of Topliss-reactive ketones (excluding diaryl/α,β-unsaturated/α-hetero) is 1. The molecule has 0 bridgehead atoms. The van der Waals surface area contributed by atoms with Gasteiger partial charge in [-0.15, -0.1) is 0 Å². The van der Waals surface area contributed by atoms with Crippen LogP contribution in [0.4, 0.5) is 0 Å². The van der Waals surface area contributed by atoms with E-state index in [1.165, 1.54) is 19.3 Å². The molecule has 0 aromatic rings. The number of rotatable bonds is 0. The van der Waals surface area contributed by atoms with Gasteiger partial charge >= 0.3 is 0 Å². The van der Waals surface area contributed by atoms with Crippen LogP contribution in [0.1, 0.15) is 72.6 Å². The van der Waals surface area contributed by atoms with E-state index in [0.29, 0.717) is 23.5 Å². The highest BCUT2D eigenvalue weighted by atomic mass is 16.3. The Morgan fingerprint density at radius 1 is 1.17 bits per heavy atom. The molecule has 2 heteroatoms. The summed E-state index contributed by atoms with van der Waals surface area (Å²) in [5.41, 5.74) is 1.41. The van der Waals surface area contributed by atoms with E-state index < -0.39 is 5.60 Å². The van der Waals surface area contributed by atoms with Crippen LogP contribution in [0.25, 0.3) is 0 Å². The van der Waals surface area contributed by atoms with Crippen molar-refractivity contribution in [3.05, 3.63) is 11.6 Å². The van der Waals surface area contributed by atoms with Crippen molar-refractivity contribution in [1.82, 2.24) is 0 Å². The molecule has 0 amide bonds. The van der Waals surface area contributed by atoms with Crippen LogP contribution in [0, 0.1) is 34.5 Å². The fourth-order valence-corrected chi connectivity index (χ4v) is 6.90. The quantitative estimate of drug-likeness (QED) is 0.667. The molecule has 0 aliphatic heterocycles. The summed E-state index contributed by atoms with van der Waals surface area (Å²) in [4.78, 5) is 12.2. The Labute approximate surface area is 140 Å². The smallest absolute Gasteiger partial charge is 0.136 e. The van der Waals surface area contributed by atoms with Gasteiger partial charge < -0.3 is 5.11 Å². The number of aliphatic hydroxyl groups is 1. The van der Waals surface area contributed by atoms with Crippen LogP contribution in [0.5, 0.6) is 0 Å². The molecular formula is C21H32O2. The maximum absolute atomic E-state index is 12.2. The van der Waals surface area contributed by atoms with Crippen molar-refractivity contribution in [2.75, 3.05) is 0 Å². The highest BCUT2D eigenvalue weighted by Gasteiger charge is 2.61. The summed E-state index contributed by atoms with van der Waals surface area (Å²) in [6.07, 6.45) is 9.88. The Morgan fingerprint density at radius 2 is 1.91 bits per heavy atom. The zero-order chi connectivity index (χ0) is 16.6. The first-order chi connectivity index (χ1) is 10.7. The van der Waals surface area contributed by atoms with E-state index in [2.05, 4.69) is 33.8 Å². The van der Waals surface area contributed by atoms with E-state index in [9.17, 15) is 9.90 Å². The molecule has 0 heterocycles. The van der Waals surface area contributed by atoms with Gasteiger partial charge in [0.1, 0.15) is 5.78 Å². The molecule has 4 aliphatic carbocycles. The van der Waals surface area contributed by atoms with Gasteiger partial charge in [-0.2, -0.15) is 0 Å². The third-order valence-electron chi connectivity index (χ3n) is 8.74. The van der Waals surface area contributed by atoms with Gasteiger partial charge in [0.15, 0.2) is 0 Å². The standard InChI is InChI=1S/C21H32O2/c1-13-12-19(2)14(11-18(13)22)5-6-15-16(19)7-9-20(3)17(15)8-10-21(20,4)23/h7,13-15,17,23H,5-6,8-12H2,1-4H3/t13-,14+,15-,17?,19+,20+,21+/m1/s1. The van der Waals surface area contributed by atoms with Crippen LogP contribution in [0.2, 0.25) is 0 Å². The number of fused-ring (bicyclic) bond motifs is 5. The summed E-state index contributed by atoms with van der Waals surface area (Å²) in [7, 11) is 0. The van der Waals surface area contributed by atoms with Crippen LogP contribution >= 0.6 is 0 Å². The zero-order valence-corrected chi connectivity index (χ0v) is 15.2. The van der Waals surface area contributed by atoms with Gasteiger partial charge in [0, 0.05) is 17.8 Å². The Bertz CT molecular complexity index is 574. The topological polar surface area (TPSA) is 37.3 Å². The van der Waals surface area contributed by atoms with E-state index in [0.717, 1.165) is 25.7 Å². The molecule has 3 fully saturated rings. The molecule has 23 heavy (non-hydrogen) atoms. The Kier molecular flexibility index (Phi) is 3.25. The maximum Gasteiger partial charge on any atom is 0.136 e. The average molecular weight is 316 g/mol. The third kappa shape index (κ3) is 1.94. The molecule has 1 N–H and O–H groups in total. The second-order valence-corrected chi connectivity index (χ2v) is 9.77. The minimum atomic E-state index is -0.521. The highest BCUT2D eigenvalue weighted by Crippen LogP contribution is 2.66. The van der Waals surface area contributed by atoms with Gasteiger partial charge in [-0.25, -0.2) is 0 Å². The Balaban J connectivity index is 1.73. The van der Waals surface area contributed by atoms with Crippen molar-refractivity contribution in [1.29, 1.82) is 0 Å². The molecule has 4 rings (SSSR count). The number of allylic oxidation sites excluding steroid dienone is 2. The molecule has 0 saturated heterocycles. The summed E-state index contributed by atoms with van der Waals surface area (Å²) in [6, 6.07) is 0. The van der Waals surface area contributed by atoms with Gasteiger partial charge in [-0.1, -0.05) is 32.4 Å². The van der Waals surface area contributed by atoms with Gasteiger partial charge in [0.05, 0.1) is 5.60 Å². The Hall–Kier alpha value is -0.630. The first-order valence-electron chi connectivity index (χ1n) is 9.65. The van der Waals surface area contributed by atoms with Crippen LogP contribution < -0.4 is 0 Å². The molecule has 0 radical (unpaired) electrons. The first-order valence-corrected chi connectivity index (χ1v) is 9.65. The van der Waals surface area contributed by atoms with Gasteiger partial charge in [0.2, 0.25) is 0 Å². The highest BCUT2D eigenvalue weighted by molar-refractivity contribution is 5.82. The minimum Gasteiger partial charge on any atom is -0.390 e. The average Bonchev–Trinajstić information content (AvgIpc) is 2.71. The molecule has 7 atom stereocenters. The van der Waals surface area contributed by atoms with Crippen molar-refractivity contribution in [3.8, 4) is 0 Å². The predicted molar refractivity (Wildman–Crippen MR) is 91.9 cm³/mol. The monoisotopic (exact) mass is 316 g/mol.